The van der Waals surface area contributed by atoms with Crippen LogP contribution in [-0.2, 0) is 11.2 Å². The van der Waals surface area contributed by atoms with Gasteiger partial charge in [-0.05, 0) is 31.4 Å². The molecule has 0 radical (unpaired) electrons. The van der Waals surface area contributed by atoms with Crippen LogP contribution in [0.25, 0.3) is 0 Å². The smallest absolute Gasteiger partial charge is 0.188 e. The highest BCUT2D eigenvalue weighted by molar-refractivity contribution is 5.46. The number of allylic oxidation sites excluding steroid dienone is 1. The van der Waals surface area contributed by atoms with E-state index in [4.69, 9.17) is 9.47 Å². The second kappa shape index (κ2) is 5.56. The van der Waals surface area contributed by atoms with E-state index in [9.17, 15) is 0 Å². The molecule has 82 valence electrons. The molecule has 0 amide bonds. The fraction of sp³-hybridized carbons (Fsp3) is 0.385. The molecule has 0 aliphatic rings. The van der Waals surface area contributed by atoms with Gasteiger partial charge in [-0.25, -0.2) is 0 Å². The molecule has 2 nitrogen and oxygen atoms in total. The SMILES string of the molecule is C=CCc1c(C)ccc(C)c1OCOC. The van der Waals surface area contributed by atoms with Gasteiger partial charge in [0.25, 0.3) is 0 Å². The molecule has 0 atom stereocenters. The Labute approximate surface area is 91.5 Å². The van der Waals surface area contributed by atoms with E-state index >= 15 is 0 Å². The minimum Gasteiger partial charge on any atom is -0.467 e. The van der Waals surface area contributed by atoms with E-state index in [2.05, 4.69) is 25.6 Å². The minimum absolute atomic E-state index is 0.286. The zero-order chi connectivity index (χ0) is 11.3. The zero-order valence-electron chi connectivity index (χ0n) is 9.67. The molecular weight excluding hydrogens is 188 g/mol. The second-order valence-corrected chi connectivity index (χ2v) is 3.55. The number of methoxy groups -OCH3 is 1. The zero-order valence-corrected chi connectivity index (χ0v) is 9.67. The normalized spacial score (nSPS) is 10.1. The van der Waals surface area contributed by atoms with Crippen molar-refractivity contribution in [2.24, 2.45) is 0 Å². The van der Waals surface area contributed by atoms with Crippen LogP contribution >= 0.6 is 0 Å². The molecule has 0 spiro atoms. The molecule has 15 heavy (non-hydrogen) atoms. The maximum atomic E-state index is 5.58. The fourth-order valence-electron chi connectivity index (χ4n) is 1.56. The van der Waals surface area contributed by atoms with Crippen molar-refractivity contribution in [2.45, 2.75) is 20.3 Å². The Bertz CT molecular complexity index is 343. The van der Waals surface area contributed by atoms with Crippen LogP contribution in [0.1, 0.15) is 16.7 Å². The van der Waals surface area contributed by atoms with E-state index in [1.54, 1.807) is 7.11 Å². The van der Waals surface area contributed by atoms with Crippen LogP contribution in [0.2, 0.25) is 0 Å². The Morgan fingerprint density at radius 3 is 2.53 bits per heavy atom. The number of hydrogen-bond acceptors (Lipinski definition) is 2. The first kappa shape index (κ1) is 11.8. The van der Waals surface area contributed by atoms with Crippen LogP contribution in [0, 0.1) is 13.8 Å². The molecule has 0 bridgehead atoms. The van der Waals surface area contributed by atoms with Crippen LogP contribution in [0.5, 0.6) is 5.75 Å². The van der Waals surface area contributed by atoms with E-state index in [1.165, 1.54) is 11.1 Å². The first-order valence-electron chi connectivity index (χ1n) is 5.02. The Morgan fingerprint density at radius 2 is 1.93 bits per heavy atom. The topological polar surface area (TPSA) is 18.5 Å². The monoisotopic (exact) mass is 206 g/mol. The Kier molecular flexibility index (Phi) is 4.37. The van der Waals surface area contributed by atoms with Gasteiger partial charge < -0.3 is 9.47 Å². The van der Waals surface area contributed by atoms with Crippen molar-refractivity contribution in [3.8, 4) is 5.75 Å². The highest BCUT2D eigenvalue weighted by Crippen LogP contribution is 2.27. The Hall–Kier alpha value is -1.28. The van der Waals surface area contributed by atoms with Crippen molar-refractivity contribution in [3.63, 3.8) is 0 Å². The highest BCUT2D eigenvalue weighted by Gasteiger charge is 2.08. The molecule has 0 N–H and O–H groups in total. The van der Waals surface area contributed by atoms with Crippen molar-refractivity contribution in [1.29, 1.82) is 0 Å². The maximum absolute atomic E-state index is 5.58. The fourth-order valence-corrected chi connectivity index (χ4v) is 1.56. The number of hydrogen-bond donors (Lipinski definition) is 0. The standard InChI is InChI=1S/C13H18O2/c1-5-6-12-10(2)7-8-11(3)13(12)15-9-14-4/h5,7-8H,1,6,9H2,2-4H3. The number of ether oxygens (including phenoxy) is 2. The van der Waals surface area contributed by atoms with Gasteiger partial charge in [0.05, 0.1) is 0 Å². The van der Waals surface area contributed by atoms with E-state index in [1.807, 2.05) is 13.0 Å². The van der Waals surface area contributed by atoms with Crippen molar-refractivity contribution < 1.29 is 9.47 Å². The van der Waals surface area contributed by atoms with Crippen molar-refractivity contribution in [1.82, 2.24) is 0 Å². The van der Waals surface area contributed by atoms with E-state index < -0.39 is 0 Å². The molecule has 0 aromatic heterocycles. The third kappa shape index (κ3) is 2.83. The van der Waals surface area contributed by atoms with E-state index in [0.717, 1.165) is 17.7 Å². The van der Waals surface area contributed by atoms with E-state index in [0.29, 0.717) is 0 Å². The molecule has 0 saturated carbocycles. The Balaban J connectivity index is 3.06. The van der Waals surface area contributed by atoms with Crippen molar-refractivity contribution in [2.75, 3.05) is 13.9 Å². The van der Waals surface area contributed by atoms with E-state index in [-0.39, 0.29) is 6.79 Å². The summed E-state index contributed by atoms with van der Waals surface area (Å²) in [6.45, 7) is 8.17. The van der Waals surface area contributed by atoms with Crippen molar-refractivity contribution in [3.05, 3.63) is 41.5 Å². The third-order valence-corrected chi connectivity index (χ3v) is 2.36. The average Bonchev–Trinajstić information content (AvgIpc) is 2.23. The Morgan fingerprint density at radius 1 is 1.27 bits per heavy atom. The summed E-state index contributed by atoms with van der Waals surface area (Å²) in [5.41, 5.74) is 3.56. The largest absolute Gasteiger partial charge is 0.467 e. The quantitative estimate of drug-likeness (QED) is 0.544. The number of benzene rings is 1. The summed E-state index contributed by atoms with van der Waals surface area (Å²) in [4.78, 5) is 0. The molecule has 1 aromatic carbocycles. The lowest BCUT2D eigenvalue weighted by atomic mass is 10.0. The molecule has 0 aliphatic carbocycles. The number of rotatable bonds is 5. The van der Waals surface area contributed by atoms with Gasteiger partial charge in [0.1, 0.15) is 5.75 Å². The van der Waals surface area contributed by atoms with Gasteiger partial charge in [-0.15, -0.1) is 6.58 Å². The lowest BCUT2D eigenvalue weighted by Gasteiger charge is -2.14. The molecule has 0 fully saturated rings. The van der Waals surface area contributed by atoms with Crippen LogP contribution in [0.3, 0.4) is 0 Å². The van der Waals surface area contributed by atoms with Gasteiger partial charge in [0.15, 0.2) is 6.79 Å². The van der Waals surface area contributed by atoms with Gasteiger partial charge in [-0.3, -0.25) is 0 Å². The summed E-state index contributed by atoms with van der Waals surface area (Å²) in [5, 5.41) is 0. The lowest BCUT2D eigenvalue weighted by molar-refractivity contribution is 0.0500. The minimum atomic E-state index is 0.286. The van der Waals surface area contributed by atoms with Crippen LogP contribution in [0.4, 0.5) is 0 Å². The molecule has 0 heterocycles. The first-order chi connectivity index (χ1) is 7.20. The summed E-state index contributed by atoms with van der Waals surface area (Å²) >= 11 is 0. The molecule has 2 heteroatoms. The lowest BCUT2D eigenvalue weighted by Crippen LogP contribution is -2.04. The van der Waals surface area contributed by atoms with Crippen LogP contribution in [0.15, 0.2) is 24.8 Å². The van der Waals surface area contributed by atoms with Crippen LogP contribution in [-0.4, -0.2) is 13.9 Å². The molecule has 0 saturated heterocycles. The molecular formula is C13H18O2. The highest BCUT2D eigenvalue weighted by atomic mass is 16.7. The summed E-state index contributed by atoms with van der Waals surface area (Å²) in [6, 6.07) is 4.17. The summed E-state index contributed by atoms with van der Waals surface area (Å²) in [6.07, 6.45) is 2.72. The van der Waals surface area contributed by atoms with Gasteiger partial charge in [0, 0.05) is 12.7 Å². The molecule has 0 aliphatic heterocycles. The summed E-state index contributed by atoms with van der Waals surface area (Å²) in [5.74, 6) is 0.928. The third-order valence-electron chi connectivity index (χ3n) is 2.36. The maximum Gasteiger partial charge on any atom is 0.188 e. The predicted molar refractivity (Wildman–Crippen MR) is 62.3 cm³/mol. The van der Waals surface area contributed by atoms with Gasteiger partial charge in [-0.1, -0.05) is 18.2 Å². The second-order valence-electron chi connectivity index (χ2n) is 3.55. The molecule has 0 unspecified atom stereocenters. The van der Waals surface area contributed by atoms with Gasteiger partial charge in [0.2, 0.25) is 0 Å². The van der Waals surface area contributed by atoms with Crippen LogP contribution < -0.4 is 4.74 Å². The average molecular weight is 206 g/mol. The first-order valence-corrected chi connectivity index (χ1v) is 5.02. The molecule has 1 aromatic rings. The number of aryl methyl sites for hydroxylation is 2. The summed E-state index contributed by atoms with van der Waals surface area (Å²) < 4.78 is 10.5. The molecule has 1 rings (SSSR count). The summed E-state index contributed by atoms with van der Waals surface area (Å²) in [7, 11) is 1.62. The van der Waals surface area contributed by atoms with Gasteiger partial charge >= 0.3 is 0 Å². The predicted octanol–water partition coefficient (Wildman–Crippen LogP) is 3.01. The van der Waals surface area contributed by atoms with Gasteiger partial charge in [-0.2, -0.15) is 0 Å². The van der Waals surface area contributed by atoms with Crippen molar-refractivity contribution >= 4 is 0 Å².